The highest BCUT2D eigenvalue weighted by molar-refractivity contribution is 5.30. The summed E-state index contributed by atoms with van der Waals surface area (Å²) in [6.45, 7) is 4.70. The summed E-state index contributed by atoms with van der Waals surface area (Å²) < 4.78 is 0. The molecule has 19 heavy (non-hydrogen) atoms. The number of rotatable bonds is 4. The van der Waals surface area contributed by atoms with Crippen molar-refractivity contribution < 1.29 is 0 Å². The first-order valence-electron chi connectivity index (χ1n) is 6.35. The van der Waals surface area contributed by atoms with Gasteiger partial charge in [0.1, 0.15) is 5.82 Å². The highest BCUT2D eigenvalue weighted by Crippen LogP contribution is 2.27. The normalized spacial score (nSPS) is 11.5. The monoisotopic (exact) mass is 257 g/mol. The fraction of sp³-hybridized carbons (Fsp3) is 0.333. The van der Waals surface area contributed by atoms with Crippen molar-refractivity contribution in [2.45, 2.75) is 25.8 Å². The summed E-state index contributed by atoms with van der Waals surface area (Å²) in [6, 6.07) is 11.6. The van der Waals surface area contributed by atoms with Crippen LogP contribution in [-0.2, 0) is 12.0 Å². The van der Waals surface area contributed by atoms with Gasteiger partial charge in [0.2, 0.25) is 0 Å². The Hall–Kier alpha value is -1.94. The Balaban J connectivity index is 2.48. The standard InChI is InChI=1S/C15H19N3O/c1-15(2,11-7-5-4-6-8-11)14-17-12(10-16-3)9-13(19)18-14/h4-9,16H,10H2,1-3H3,(H,17,18,19). The quantitative estimate of drug-likeness (QED) is 0.878. The minimum absolute atomic E-state index is 0.112. The van der Waals surface area contributed by atoms with Gasteiger partial charge in [0.25, 0.3) is 5.56 Å². The second-order valence-electron chi connectivity index (χ2n) is 5.11. The van der Waals surface area contributed by atoms with Crippen LogP contribution in [0.1, 0.15) is 30.9 Å². The Morgan fingerprint density at radius 1 is 1.26 bits per heavy atom. The molecule has 0 saturated heterocycles. The third kappa shape index (κ3) is 2.90. The van der Waals surface area contributed by atoms with Crippen molar-refractivity contribution in [1.29, 1.82) is 0 Å². The van der Waals surface area contributed by atoms with Crippen LogP contribution < -0.4 is 10.9 Å². The molecular weight excluding hydrogens is 238 g/mol. The van der Waals surface area contributed by atoms with Gasteiger partial charge in [0.05, 0.1) is 5.69 Å². The third-order valence-electron chi connectivity index (χ3n) is 3.24. The van der Waals surface area contributed by atoms with Crippen molar-refractivity contribution in [3.63, 3.8) is 0 Å². The smallest absolute Gasteiger partial charge is 0.251 e. The van der Waals surface area contributed by atoms with E-state index in [0.717, 1.165) is 11.3 Å². The van der Waals surface area contributed by atoms with E-state index in [1.165, 1.54) is 6.07 Å². The molecule has 100 valence electrons. The van der Waals surface area contributed by atoms with E-state index in [9.17, 15) is 4.79 Å². The van der Waals surface area contributed by atoms with Crippen molar-refractivity contribution in [2.75, 3.05) is 7.05 Å². The molecule has 0 amide bonds. The van der Waals surface area contributed by atoms with Crippen LogP contribution in [0.2, 0.25) is 0 Å². The van der Waals surface area contributed by atoms with Crippen LogP contribution in [0.15, 0.2) is 41.2 Å². The summed E-state index contributed by atoms with van der Waals surface area (Å²) in [5.74, 6) is 0.691. The van der Waals surface area contributed by atoms with Gasteiger partial charge < -0.3 is 10.3 Å². The van der Waals surface area contributed by atoms with Crippen molar-refractivity contribution in [1.82, 2.24) is 15.3 Å². The highest BCUT2D eigenvalue weighted by atomic mass is 16.1. The molecule has 0 aliphatic rings. The van der Waals surface area contributed by atoms with Crippen molar-refractivity contribution in [2.24, 2.45) is 0 Å². The van der Waals surface area contributed by atoms with E-state index in [4.69, 9.17) is 0 Å². The molecule has 4 heteroatoms. The predicted molar refractivity (Wildman–Crippen MR) is 76.2 cm³/mol. The maximum atomic E-state index is 11.7. The summed E-state index contributed by atoms with van der Waals surface area (Å²) in [4.78, 5) is 19.1. The minimum Gasteiger partial charge on any atom is -0.314 e. The van der Waals surface area contributed by atoms with E-state index in [1.807, 2.05) is 37.4 Å². The molecule has 0 aliphatic carbocycles. The van der Waals surface area contributed by atoms with Gasteiger partial charge in [-0.25, -0.2) is 4.98 Å². The molecule has 0 spiro atoms. The molecule has 0 fully saturated rings. The number of aromatic nitrogens is 2. The van der Waals surface area contributed by atoms with Gasteiger partial charge in [-0.05, 0) is 26.5 Å². The van der Waals surface area contributed by atoms with Crippen LogP contribution in [0.3, 0.4) is 0 Å². The summed E-state index contributed by atoms with van der Waals surface area (Å²) in [7, 11) is 1.84. The second-order valence-corrected chi connectivity index (χ2v) is 5.11. The lowest BCUT2D eigenvalue weighted by atomic mass is 9.84. The number of hydrogen-bond donors (Lipinski definition) is 2. The lowest BCUT2D eigenvalue weighted by molar-refractivity contribution is 0.578. The van der Waals surface area contributed by atoms with E-state index in [1.54, 1.807) is 0 Å². The van der Waals surface area contributed by atoms with Crippen LogP contribution in [-0.4, -0.2) is 17.0 Å². The lowest BCUT2D eigenvalue weighted by Crippen LogP contribution is -2.27. The molecule has 1 aromatic carbocycles. The minimum atomic E-state index is -0.329. The van der Waals surface area contributed by atoms with Gasteiger partial charge in [0.15, 0.2) is 0 Å². The van der Waals surface area contributed by atoms with Crippen molar-refractivity contribution in [3.05, 3.63) is 63.8 Å². The summed E-state index contributed by atoms with van der Waals surface area (Å²) >= 11 is 0. The first-order chi connectivity index (χ1) is 9.04. The highest BCUT2D eigenvalue weighted by Gasteiger charge is 2.26. The number of benzene rings is 1. The third-order valence-corrected chi connectivity index (χ3v) is 3.24. The second kappa shape index (κ2) is 5.36. The molecule has 1 aromatic heterocycles. The van der Waals surface area contributed by atoms with E-state index < -0.39 is 0 Å². The molecule has 2 N–H and O–H groups in total. The molecule has 0 aliphatic heterocycles. The van der Waals surface area contributed by atoms with Gasteiger partial charge in [-0.3, -0.25) is 4.79 Å². The van der Waals surface area contributed by atoms with Gasteiger partial charge in [0, 0.05) is 18.0 Å². The van der Waals surface area contributed by atoms with Crippen LogP contribution in [0, 0.1) is 0 Å². The first kappa shape index (κ1) is 13.5. The summed E-state index contributed by atoms with van der Waals surface area (Å²) in [5.41, 5.74) is 1.44. The number of nitrogens with one attached hydrogen (secondary N) is 2. The van der Waals surface area contributed by atoms with Crippen molar-refractivity contribution >= 4 is 0 Å². The largest absolute Gasteiger partial charge is 0.314 e. The van der Waals surface area contributed by atoms with E-state index in [0.29, 0.717) is 12.4 Å². The SMILES string of the molecule is CNCc1cc(=O)[nH]c(C(C)(C)c2ccccc2)n1. The fourth-order valence-corrected chi connectivity index (χ4v) is 2.07. The summed E-state index contributed by atoms with van der Waals surface area (Å²) in [6.07, 6.45) is 0. The van der Waals surface area contributed by atoms with Gasteiger partial charge in [-0.1, -0.05) is 30.3 Å². The van der Waals surface area contributed by atoms with Crippen molar-refractivity contribution in [3.8, 4) is 0 Å². The average molecular weight is 257 g/mol. The maximum Gasteiger partial charge on any atom is 0.251 e. The topological polar surface area (TPSA) is 57.8 Å². The molecule has 0 atom stereocenters. The zero-order valence-electron chi connectivity index (χ0n) is 11.5. The predicted octanol–water partition coefficient (Wildman–Crippen LogP) is 1.82. The van der Waals surface area contributed by atoms with Crippen LogP contribution in [0.5, 0.6) is 0 Å². The first-order valence-corrected chi connectivity index (χ1v) is 6.35. The maximum absolute atomic E-state index is 11.7. The zero-order chi connectivity index (χ0) is 13.9. The molecule has 4 nitrogen and oxygen atoms in total. The molecule has 1 heterocycles. The number of aromatic amines is 1. The number of nitrogens with zero attached hydrogens (tertiary/aromatic N) is 1. The van der Waals surface area contributed by atoms with Crippen LogP contribution in [0.4, 0.5) is 0 Å². The van der Waals surface area contributed by atoms with Crippen LogP contribution >= 0.6 is 0 Å². The Labute approximate surface area is 112 Å². The Morgan fingerprint density at radius 2 is 1.95 bits per heavy atom. The molecule has 0 radical (unpaired) electrons. The molecule has 0 saturated carbocycles. The Kier molecular flexibility index (Phi) is 3.81. The van der Waals surface area contributed by atoms with Gasteiger partial charge in [-0.2, -0.15) is 0 Å². The molecule has 0 bridgehead atoms. The summed E-state index contributed by atoms with van der Waals surface area (Å²) in [5, 5.41) is 3.01. The molecule has 2 aromatic rings. The van der Waals surface area contributed by atoms with E-state index in [2.05, 4.69) is 29.1 Å². The number of H-pyrrole nitrogens is 1. The molecule has 2 rings (SSSR count). The van der Waals surface area contributed by atoms with Gasteiger partial charge in [-0.15, -0.1) is 0 Å². The Bertz CT molecular complexity index is 602. The van der Waals surface area contributed by atoms with E-state index in [-0.39, 0.29) is 11.0 Å². The molecule has 0 unspecified atom stereocenters. The lowest BCUT2D eigenvalue weighted by Gasteiger charge is -2.24. The molecular formula is C15H19N3O. The zero-order valence-corrected chi connectivity index (χ0v) is 11.5. The van der Waals surface area contributed by atoms with Gasteiger partial charge >= 0.3 is 0 Å². The van der Waals surface area contributed by atoms with E-state index >= 15 is 0 Å². The fourth-order valence-electron chi connectivity index (χ4n) is 2.07. The Morgan fingerprint density at radius 3 is 2.58 bits per heavy atom. The van der Waals surface area contributed by atoms with Crippen LogP contribution in [0.25, 0.3) is 0 Å². The average Bonchev–Trinajstić information content (AvgIpc) is 2.39. The number of hydrogen-bond acceptors (Lipinski definition) is 3.